The molecule has 2 aromatic rings. The zero-order valence-electron chi connectivity index (χ0n) is 25.8. The Hall–Kier alpha value is -3.79. The summed E-state index contributed by atoms with van der Waals surface area (Å²) >= 11 is 6.23. The molecule has 3 rings (SSSR count). The highest BCUT2D eigenvalue weighted by molar-refractivity contribution is 6.30. The quantitative estimate of drug-likeness (QED) is 0.360. The molecule has 0 aliphatic carbocycles. The van der Waals surface area contributed by atoms with Crippen LogP contribution in [0.1, 0.15) is 71.1 Å². The van der Waals surface area contributed by atoms with Gasteiger partial charge in [0.05, 0.1) is 0 Å². The first-order valence-corrected chi connectivity index (χ1v) is 14.8. The molecular formula is C32H43ClN4O6. The second kappa shape index (κ2) is 14.6. The molecule has 0 aromatic heterocycles. The third-order valence-corrected chi connectivity index (χ3v) is 6.79. The van der Waals surface area contributed by atoms with E-state index in [4.69, 9.17) is 21.1 Å². The summed E-state index contributed by atoms with van der Waals surface area (Å²) in [5.74, 6) is -0.662. The Balaban J connectivity index is 1.70. The van der Waals surface area contributed by atoms with Gasteiger partial charge in [-0.15, -0.1) is 0 Å². The zero-order chi connectivity index (χ0) is 31.8. The van der Waals surface area contributed by atoms with Crippen molar-refractivity contribution in [3.05, 3.63) is 70.2 Å². The number of amides is 4. The standard InChI is InChI=1S/C32H43ClN4O6/c1-31(2,3)42-29(40)35-19-22-14-15-24(33)18-23(22)20-34-27(38)26-13-10-16-37(26)28(39)25(17-21-11-8-7-9-12-21)36-30(41)43-32(4,5)6/h7-9,11-12,14-15,18,25-26H,10,13,16-17,19-20H2,1-6H3,(H,34,38)(H,35,40)(H,36,41)/t25-,26+/m1/s1. The first-order chi connectivity index (χ1) is 20.1. The van der Waals surface area contributed by atoms with Gasteiger partial charge in [-0.1, -0.05) is 48.0 Å². The van der Waals surface area contributed by atoms with Gasteiger partial charge in [-0.2, -0.15) is 0 Å². The average molecular weight is 615 g/mol. The lowest BCUT2D eigenvalue weighted by atomic mass is 10.0. The van der Waals surface area contributed by atoms with E-state index in [1.807, 2.05) is 30.3 Å². The Morgan fingerprint density at radius 2 is 1.51 bits per heavy atom. The highest BCUT2D eigenvalue weighted by Crippen LogP contribution is 2.22. The lowest BCUT2D eigenvalue weighted by Gasteiger charge is -2.29. The number of alkyl carbamates (subject to hydrolysis) is 2. The van der Waals surface area contributed by atoms with Crippen LogP contribution in [0.25, 0.3) is 0 Å². The third kappa shape index (κ3) is 11.1. The van der Waals surface area contributed by atoms with Crippen LogP contribution in [0.5, 0.6) is 0 Å². The SMILES string of the molecule is CC(C)(C)OC(=O)NCc1ccc(Cl)cc1CNC(=O)[C@@H]1CCCN1C(=O)[C@@H](Cc1ccccc1)NC(=O)OC(C)(C)C. The van der Waals surface area contributed by atoms with Gasteiger partial charge in [-0.25, -0.2) is 9.59 Å². The fourth-order valence-electron chi connectivity index (χ4n) is 4.72. The highest BCUT2D eigenvalue weighted by Gasteiger charge is 2.38. The van der Waals surface area contributed by atoms with Gasteiger partial charge in [-0.05, 0) is 83.2 Å². The second-order valence-corrected chi connectivity index (χ2v) is 13.0. The molecule has 1 saturated heterocycles. The molecule has 2 atom stereocenters. The molecule has 234 valence electrons. The number of likely N-dealkylation sites (tertiary alicyclic amines) is 1. The van der Waals surface area contributed by atoms with Crippen molar-refractivity contribution in [3.8, 4) is 0 Å². The summed E-state index contributed by atoms with van der Waals surface area (Å²) in [5.41, 5.74) is 0.988. The number of nitrogens with one attached hydrogen (secondary N) is 3. The van der Waals surface area contributed by atoms with E-state index in [2.05, 4.69) is 16.0 Å². The number of nitrogens with zero attached hydrogens (tertiary/aromatic N) is 1. The van der Waals surface area contributed by atoms with Gasteiger partial charge < -0.3 is 30.3 Å². The van der Waals surface area contributed by atoms with E-state index in [0.717, 1.165) is 16.7 Å². The number of carbonyl (C=O) groups excluding carboxylic acids is 4. The number of halogens is 1. The summed E-state index contributed by atoms with van der Waals surface area (Å²) in [6.07, 6.45) is 0.139. The number of rotatable bonds is 9. The van der Waals surface area contributed by atoms with E-state index >= 15 is 0 Å². The van der Waals surface area contributed by atoms with E-state index in [-0.39, 0.29) is 31.3 Å². The van der Waals surface area contributed by atoms with Crippen molar-refractivity contribution in [1.82, 2.24) is 20.9 Å². The van der Waals surface area contributed by atoms with Gasteiger partial charge in [0.2, 0.25) is 11.8 Å². The first-order valence-electron chi connectivity index (χ1n) is 14.5. The lowest BCUT2D eigenvalue weighted by Crippen LogP contribution is -2.54. The summed E-state index contributed by atoms with van der Waals surface area (Å²) < 4.78 is 10.7. The monoisotopic (exact) mass is 614 g/mol. The normalized spacial score (nSPS) is 15.8. The molecular weight excluding hydrogens is 572 g/mol. The number of hydrogen-bond donors (Lipinski definition) is 3. The van der Waals surface area contributed by atoms with Gasteiger partial charge in [0, 0.05) is 31.1 Å². The molecule has 43 heavy (non-hydrogen) atoms. The molecule has 1 aliphatic rings. The molecule has 0 bridgehead atoms. The fourth-order valence-corrected chi connectivity index (χ4v) is 4.91. The minimum absolute atomic E-state index is 0.146. The van der Waals surface area contributed by atoms with Crippen LogP contribution < -0.4 is 16.0 Å². The Bertz CT molecular complexity index is 1290. The molecule has 0 spiro atoms. The fraction of sp³-hybridized carbons (Fsp3) is 0.500. The van der Waals surface area contributed by atoms with E-state index in [1.165, 1.54) is 4.90 Å². The Morgan fingerprint density at radius 3 is 2.16 bits per heavy atom. The molecule has 0 radical (unpaired) electrons. The molecule has 3 N–H and O–H groups in total. The second-order valence-electron chi connectivity index (χ2n) is 12.6. The van der Waals surface area contributed by atoms with Gasteiger partial charge >= 0.3 is 12.2 Å². The van der Waals surface area contributed by atoms with Crippen molar-refractivity contribution in [1.29, 1.82) is 0 Å². The minimum Gasteiger partial charge on any atom is -0.444 e. The molecule has 0 unspecified atom stereocenters. The van der Waals surface area contributed by atoms with Crippen molar-refractivity contribution in [2.24, 2.45) is 0 Å². The van der Waals surface area contributed by atoms with Gasteiger partial charge in [-0.3, -0.25) is 9.59 Å². The van der Waals surface area contributed by atoms with Crippen LogP contribution in [0.3, 0.4) is 0 Å². The summed E-state index contributed by atoms with van der Waals surface area (Å²) in [7, 11) is 0. The lowest BCUT2D eigenvalue weighted by molar-refractivity contribution is -0.140. The van der Waals surface area contributed by atoms with Crippen molar-refractivity contribution in [3.63, 3.8) is 0 Å². The Morgan fingerprint density at radius 1 is 0.884 bits per heavy atom. The Labute approximate surface area is 258 Å². The predicted molar refractivity (Wildman–Crippen MR) is 164 cm³/mol. The molecule has 2 aromatic carbocycles. The van der Waals surface area contributed by atoms with E-state index in [0.29, 0.717) is 24.4 Å². The van der Waals surface area contributed by atoms with Crippen LogP contribution in [0, 0.1) is 0 Å². The van der Waals surface area contributed by atoms with Crippen LogP contribution in [0.2, 0.25) is 5.02 Å². The number of ether oxygens (including phenoxy) is 2. The van der Waals surface area contributed by atoms with Crippen molar-refractivity contribution in [2.45, 2.75) is 97.2 Å². The summed E-state index contributed by atoms with van der Waals surface area (Å²) in [6.45, 7) is 11.3. The summed E-state index contributed by atoms with van der Waals surface area (Å²) in [5, 5.41) is 8.87. The molecule has 1 heterocycles. The zero-order valence-corrected chi connectivity index (χ0v) is 26.5. The molecule has 4 amide bonds. The molecule has 10 nitrogen and oxygen atoms in total. The van der Waals surface area contributed by atoms with Crippen LogP contribution >= 0.6 is 11.6 Å². The molecule has 0 saturated carbocycles. The smallest absolute Gasteiger partial charge is 0.408 e. The van der Waals surface area contributed by atoms with Crippen LogP contribution in [0.15, 0.2) is 48.5 Å². The largest absolute Gasteiger partial charge is 0.444 e. The number of carbonyl (C=O) groups is 4. The summed E-state index contributed by atoms with van der Waals surface area (Å²) in [6, 6.07) is 13.0. The highest BCUT2D eigenvalue weighted by atomic mass is 35.5. The van der Waals surface area contributed by atoms with Crippen LogP contribution in [0.4, 0.5) is 9.59 Å². The maximum Gasteiger partial charge on any atom is 0.408 e. The molecule has 1 fully saturated rings. The Kier molecular flexibility index (Phi) is 11.4. The predicted octanol–water partition coefficient (Wildman–Crippen LogP) is 5.11. The van der Waals surface area contributed by atoms with Crippen molar-refractivity contribution >= 4 is 35.6 Å². The molecule has 11 heteroatoms. The number of benzene rings is 2. The van der Waals surface area contributed by atoms with Gasteiger partial charge in [0.15, 0.2) is 0 Å². The summed E-state index contributed by atoms with van der Waals surface area (Å²) in [4.78, 5) is 53.5. The van der Waals surface area contributed by atoms with Crippen LogP contribution in [-0.2, 0) is 38.6 Å². The number of hydrogen-bond acceptors (Lipinski definition) is 6. The average Bonchev–Trinajstić information content (AvgIpc) is 3.39. The van der Waals surface area contributed by atoms with Gasteiger partial charge in [0.25, 0.3) is 0 Å². The van der Waals surface area contributed by atoms with E-state index < -0.39 is 35.5 Å². The third-order valence-electron chi connectivity index (χ3n) is 6.55. The van der Waals surface area contributed by atoms with Crippen LogP contribution in [-0.4, -0.2) is 58.7 Å². The first kappa shape index (κ1) is 33.7. The van der Waals surface area contributed by atoms with Gasteiger partial charge in [0.1, 0.15) is 23.3 Å². The van der Waals surface area contributed by atoms with E-state index in [1.54, 1.807) is 59.7 Å². The minimum atomic E-state index is -0.913. The van der Waals surface area contributed by atoms with E-state index in [9.17, 15) is 19.2 Å². The maximum atomic E-state index is 13.8. The molecule has 1 aliphatic heterocycles. The van der Waals surface area contributed by atoms with Crippen molar-refractivity contribution in [2.75, 3.05) is 6.54 Å². The topological polar surface area (TPSA) is 126 Å². The van der Waals surface area contributed by atoms with Crippen molar-refractivity contribution < 1.29 is 28.7 Å². The maximum absolute atomic E-state index is 13.8.